The zero-order chi connectivity index (χ0) is 20.8. The molecule has 150 valence electrons. The molecular formula is C24H19N7. The summed E-state index contributed by atoms with van der Waals surface area (Å²) in [6.45, 7) is 2.65. The van der Waals surface area contributed by atoms with Crippen LogP contribution < -0.4 is 5.32 Å². The number of anilines is 2. The van der Waals surface area contributed by atoms with Crippen LogP contribution >= 0.6 is 0 Å². The molecule has 0 aliphatic rings. The molecule has 2 N–H and O–H groups in total. The minimum Gasteiger partial charge on any atom is -0.337 e. The SMILES string of the molecule is Cc1nn(Cc2ccc3ccccc3n2)c2ccc(Nc3n[nH]c4cccnc34)cc12. The van der Waals surface area contributed by atoms with Crippen LogP contribution in [-0.4, -0.2) is 29.9 Å². The number of nitrogens with zero attached hydrogens (tertiary/aromatic N) is 5. The predicted molar refractivity (Wildman–Crippen MR) is 122 cm³/mol. The van der Waals surface area contributed by atoms with Gasteiger partial charge in [-0.05, 0) is 49.4 Å². The first kappa shape index (κ1) is 17.6. The van der Waals surface area contributed by atoms with Crippen molar-refractivity contribution in [3.05, 3.63) is 84.3 Å². The average Bonchev–Trinajstić information content (AvgIpc) is 3.35. The summed E-state index contributed by atoms with van der Waals surface area (Å²) in [6, 6.07) is 22.4. The fourth-order valence-corrected chi connectivity index (χ4v) is 3.96. The number of hydrogen-bond donors (Lipinski definition) is 2. The van der Waals surface area contributed by atoms with Gasteiger partial charge in [0.15, 0.2) is 5.82 Å². The Bertz CT molecular complexity index is 1560. The van der Waals surface area contributed by atoms with Crippen LogP contribution in [0.4, 0.5) is 11.5 Å². The number of aromatic amines is 1. The van der Waals surface area contributed by atoms with Crippen LogP contribution in [0, 0.1) is 6.92 Å². The van der Waals surface area contributed by atoms with Crippen molar-refractivity contribution in [1.82, 2.24) is 29.9 Å². The second-order valence-corrected chi connectivity index (χ2v) is 7.57. The second-order valence-electron chi connectivity index (χ2n) is 7.57. The van der Waals surface area contributed by atoms with E-state index in [2.05, 4.69) is 50.8 Å². The van der Waals surface area contributed by atoms with E-state index in [4.69, 9.17) is 10.1 Å². The summed E-state index contributed by atoms with van der Waals surface area (Å²) < 4.78 is 2.01. The third-order valence-corrected chi connectivity index (χ3v) is 5.49. The molecule has 0 amide bonds. The Balaban J connectivity index is 1.33. The van der Waals surface area contributed by atoms with E-state index in [9.17, 15) is 0 Å². The van der Waals surface area contributed by atoms with Crippen LogP contribution in [0.15, 0.2) is 72.9 Å². The number of nitrogens with one attached hydrogen (secondary N) is 2. The average molecular weight is 405 g/mol. The summed E-state index contributed by atoms with van der Waals surface area (Å²) >= 11 is 0. The lowest BCUT2D eigenvalue weighted by molar-refractivity contribution is 0.691. The molecule has 7 nitrogen and oxygen atoms in total. The fraction of sp³-hybridized carbons (Fsp3) is 0.0833. The molecule has 7 heteroatoms. The molecule has 6 aromatic rings. The van der Waals surface area contributed by atoms with Crippen molar-refractivity contribution in [3.63, 3.8) is 0 Å². The summed E-state index contributed by atoms with van der Waals surface area (Å²) in [6.07, 6.45) is 1.77. The van der Waals surface area contributed by atoms with Gasteiger partial charge in [0, 0.05) is 22.7 Å². The van der Waals surface area contributed by atoms with Crippen molar-refractivity contribution in [1.29, 1.82) is 0 Å². The lowest BCUT2D eigenvalue weighted by Crippen LogP contribution is -2.03. The van der Waals surface area contributed by atoms with Gasteiger partial charge in [-0.1, -0.05) is 24.3 Å². The van der Waals surface area contributed by atoms with E-state index in [0.29, 0.717) is 12.4 Å². The number of fused-ring (bicyclic) bond motifs is 3. The smallest absolute Gasteiger partial charge is 0.178 e. The highest BCUT2D eigenvalue weighted by molar-refractivity contribution is 5.90. The Morgan fingerprint density at radius 2 is 1.94 bits per heavy atom. The number of benzene rings is 2. The summed E-state index contributed by atoms with van der Waals surface area (Å²) in [4.78, 5) is 9.20. The van der Waals surface area contributed by atoms with Crippen molar-refractivity contribution in [2.75, 3.05) is 5.32 Å². The molecule has 0 spiro atoms. The first-order chi connectivity index (χ1) is 15.2. The highest BCUT2D eigenvalue weighted by Gasteiger charge is 2.12. The van der Waals surface area contributed by atoms with Crippen LogP contribution in [0.1, 0.15) is 11.4 Å². The van der Waals surface area contributed by atoms with Gasteiger partial charge in [0.1, 0.15) is 5.52 Å². The van der Waals surface area contributed by atoms with Crippen LogP contribution in [0.2, 0.25) is 0 Å². The van der Waals surface area contributed by atoms with Gasteiger partial charge in [0.25, 0.3) is 0 Å². The molecule has 0 unspecified atom stereocenters. The number of aryl methyl sites for hydroxylation is 1. The van der Waals surface area contributed by atoms with E-state index in [1.165, 1.54) is 0 Å². The van der Waals surface area contributed by atoms with E-state index >= 15 is 0 Å². The fourth-order valence-electron chi connectivity index (χ4n) is 3.96. The number of para-hydroxylation sites is 1. The first-order valence-corrected chi connectivity index (χ1v) is 10.1. The lowest BCUT2D eigenvalue weighted by atomic mass is 10.2. The van der Waals surface area contributed by atoms with Crippen molar-refractivity contribution < 1.29 is 0 Å². The molecular weight excluding hydrogens is 386 g/mol. The first-order valence-electron chi connectivity index (χ1n) is 10.1. The molecule has 2 aromatic carbocycles. The molecule has 0 saturated heterocycles. The van der Waals surface area contributed by atoms with Crippen LogP contribution in [-0.2, 0) is 6.54 Å². The van der Waals surface area contributed by atoms with Crippen LogP contribution in [0.3, 0.4) is 0 Å². The van der Waals surface area contributed by atoms with Gasteiger partial charge in [0.2, 0.25) is 0 Å². The normalized spacial score (nSPS) is 11.5. The number of H-pyrrole nitrogens is 1. The summed E-state index contributed by atoms with van der Waals surface area (Å²) in [7, 11) is 0. The molecule has 4 heterocycles. The highest BCUT2D eigenvalue weighted by atomic mass is 15.3. The van der Waals surface area contributed by atoms with Crippen molar-refractivity contribution in [3.8, 4) is 0 Å². The van der Waals surface area contributed by atoms with Gasteiger partial charge >= 0.3 is 0 Å². The number of aromatic nitrogens is 6. The summed E-state index contributed by atoms with van der Waals surface area (Å²) in [5, 5.41) is 17.7. The Hall–Kier alpha value is -4.26. The Morgan fingerprint density at radius 1 is 1.00 bits per heavy atom. The van der Waals surface area contributed by atoms with E-state index < -0.39 is 0 Å². The highest BCUT2D eigenvalue weighted by Crippen LogP contribution is 2.27. The van der Waals surface area contributed by atoms with Gasteiger partial charge in [-0.2, -0.15) is 10.2 Å². The van der Waals surface area contributed by atoms with E-state index in [1.54, 1.807) is 6.20 Å². The maximum Gasteiger partial charge on any atom is 0.178 e. The third-order valence-electron chi connectivity index (χ3n) is 5.49. The summed E-state index contributed by atoms with van der Waals surface area (Å²) in [5.74, 6) is 0.709. The van der Waals surface area contributed by atoms with Crippen molar-refractivity contribution in [2.45, 2.75) is 13.5 Å². The predicted octanol–water partition coefficient (Wildman–Crippen LogP) is 4.96. The largest absolute Gasteiger partial charge is 0.337 e. The maximum absolute atomic E-state index is 4.79. The quantitative estimate of drug-likeness (QED) is 0.433. The molecule has 0 aliphatic heterocycles. The molecule has 0 fully saturated rings. The zero-order valence-corrected chi connectivity index (χ0v) is 16.9. The van der Waals surface area contributed by atoms with Gasteiger partial charge in [-0.3, -0.25) is 19.7 Å². The monoisotopic (exact) mass is 405 g/mol. The van der Waals surface area contributed by atoms with Crippen molar-refractivity contribution in [2.24, 2.45) is 0 Å². The number of rotatable bonds is 4. The molecule has 0 aliphatic carbocycles. The zero-order valence-electron chi connectivity index (χ0n) is 16.9. The summed E-state index contributed by atoms with van der Waals surface area (Å²) in [5.41, 5.74) is 6.69. The molecule has 31 heavy (non-hydrogen) atoms. The molecule has 0 saturated carbocycles. The van der Waals surface area contributed by atoms with Gasteiger partial charge in [0.05, 0.1) is 34.5 Å². The number of pyridine rings is 2. The van der Waals surface area contributed by atoms with Gasteiger partial charge < -0.3 is 5.32 Å². The lowest BCUT2D eigenvalue weighted by Gasteiger charge is -2.06. The topological polar surface area (TPSA) is 84.3 Å². The minimum atomic E-state index is 0.621. The molecule has 0 radical (unpaired) electrons. The third kappa shape index (κ3) is 3.07. The maximum atomic E-state index is 4.79. The standard InChI is InChI=1S/C24H19N7/c1-15-19-13-17(27-24-23-21(28-29-24)7-4-12-25-23)10-11-22(19)31(30-15)14-18-9-8-16-5-2-3-6-20(16)26-18/h2-13H,14H2,1H3,(H2,27,28,29). The molecule has 4 aromatic heterocycles. The minimum absolute atomic E-state index is 0.621. The van der Waals surface area contributed by atoms with Crippen LogP contribution in [0.25, 0.3) is 32.8 Å². The Morgan fingerprint density at radius 3 is 2.90 bits per heavy atom. The molecule has 0 bridgehead atoms. The van der Waals surface area contributed by atoms with Gasteiger partial charge in [-0.25, -0.2) is 0 Å². The van der Waals surface area contributed by atoms with Crippen molar-refractivity contribution >= 4 is 44.3 Å². The Kier molecular flexibility index (Phi) is 3.92. The van der Waals surface area contributed by atoms with E-state index in [1.807, 2.05) is 48.0 Å². The van der Waals surface area contributed by atoms with Crippen LogP contribution in [0.5, 0.6) is 0 Å². The van der Waals surface area contributed by atoms with E-state index in [-0.39, 0.29) is 0 Å². The second kappa shape index (κ2) is 6.91. The Labute approximate surface area is 177 Å². The van der Waals surface area contributed by atoms with E-state index in [0.717, 1.165) is 49.9 Å². The number of hydrogen-bond acceptors (Lipinski definition) is 5. The molecule has 6 rings (SSSR count). The van der Waals surface area contributed by atoms with Gasteiger partial charge in [-0.15, -0.1) is 0 Å². The molecule has 0 atom stereocenters.